The van der Waals surface area contributed by atoms with E-state index < -0.39 is 0 Å². The molecule has 3 aromatic heterocycles. The lowest BCUT2D eigenvalue weighted by Crippen LogP contribution is -2.09. The van der Waals surface area contributed by atoms with Crippen molar-refractivity contribution in [1.29, 1.82) is 0 Å². The number of nitrogens with zero attached hydrogens (tertiary/aromatic N) is 4. The topological polar surface area (TPSA) is 68.2 Å². The third kappa shape index (κ3) is 5.31. The van der Waals surface area contributed by atoms with Crippen LogP contribution < -0.4 is 4.90 Å². The van der Waals surface area contributed by atoms with Gasteiger partial charge in [-0.15, -0.1) is 0 Å². The maximum atomic E-state index is 6.65. The van der Waals surface area contributed by atoms with Crippen molar-refractivity contribution in [2.45, 2.75) is 0 Å². The fourth-order valence-corrected chi connectivity index (χ4v) is 7.69. The van der Waals surface area contributed by atoms with E-state index in [0.29, 0.717) is 17.5 Å². The van der Waals surface area contributed by atoms with Crippen LogP contribution in [0.3, 0.4) is 0 Å². The van der Waals surface area contributed by atoms with E-state index in [1.165, 1.54) is 10.8 Å². The highest BCUT2D eigenvalue weighted by molar-refractivity contribution is 6.13. The van der Waals surface area contributed by atoms with Crippen LogP contribution in [-0.2, 0) is 0 Å². The van der Waals surface area contributed by atoms with Crippen molar-refractivity contribution in [1.82, 2.24) is 15.0 Å². The van der Waals surface area contributed by atoms with E-state index in [4.69, 9.17) is 23.8 Å². The fraction of sp³-hybridized carbons (Fsp3) is 0. The zero-order chi connectivity index (χ0) is 36.3. The van der Waals surface area contributed by atoms with E-state index in [-0.39, 0.29) is 0 Å². The molecule has 0 bridgehead atoms. The molecule has 258 valence electrons. The molecule has 0 amide bonds. The van der Waals surface area contributed by atoms with Crippen molar-refractivity contribution in [2.24, 2.45) is 0 Å². The van der Waals surface area contributed by atoms with Gasteiger partial charge in [-0.2, -0.15) is 0 Å². The van der Waals surface area contributed by atoms with Gasteiger partial charge in [0.1, 0.15) is 22.3 Å². The van der Waals surface area contributed by atoms with E-state index in [1.807, 2.05) is 78.9 Å². The second-order valence-corrected chi connectivity index (χ2v) is 13.6. The zero-order valence-corrected chi connectivity index (χ0v) is 29.4. The van der Waals surface area contributed by atoms with Gasteiger partial charge >= 0.3 is 0 Å². The van der Waals surface area contributed by atoms with Gasteiger partial charge in [0, 0.05) is 61.4 Å². The Kier molecular flexibility index (Phi) is 7.07. The first-order valence-corrected chi connectivity index (χ1v) is 18.3. The molecule has 0 aliphatic rings. The molecular formula is C49H30N4O2. The molecule has 0 saturated carbocycles. The Labute approximate surface area is 315 Å². The van der Waals surface area contributed by atoms with Crippen molar-refractivity contribution in [3.05, 3.63) is 182 Å². The number of rotatable bonds is 6. The summed E-state index contributed by atoms with van der Waals surface area (Å²) >= 11 is 0. The number of hydrogen-bond donors (Lipinski definition) is 0. The monoisotopic (exact) mass is 706 g/mol. The minimum atomic E-state index is 0.570. The van der Waals surface area contributed by atoms with Crippen LogP contribution in [0.15, 0.2) is 191 Å². The van der Waals surface area contributed by atoms with Crippen LogP contribution in [-0.4, -0.2) is 15.0 Å². The lowest BCUT2D eigenvalue weighted by molar-refractivity contribution is 0.668. The van der Waals surface area contributed by atoms with Crippen LogP contribution in [0.1, 0.15) is 0 Å². The first kappa shape index (κ1) is 31.0. The smallest absolute Gasteiger partial charge is 0.164 e. The number of anilines is 3. The summed E-state index contributed by atoms with van der Waals surface area (Å²) in [5.74, 6) is 1.75. The van der Waals surface area contributed by atoms with Crippen LogP contribution >= 0.6 is 0 Å². The molecule has 8 aromatic carbocycles. The van der Waals surface area contributed by atoms with Gasteiger partial charge in [0.25, 0.3) is 0 Å². The number of furan rings is 2. The molecule has 11 rings (SSSR count). The average Bonchev–Trinajstić information content (AvgIpc) is 3.82. The molecule has 0 unspecified atom stereocenters. The largest absolute Gasteiger partial charge is 0.456 e. The molecule has 0 fully saturated rings. The minimum absolute atomic E-state index is 0.570. The molecule has 0 aliphatic carbocycles. The molecule has 0 radical (unpaired) electrons. The highest BCUT2D eigenvalue weighted by Crippen LogP contribution is 2.42. The molecule has 11 aromatic rings. The second kappa shape index (κ2) is 12.5. The van der Waals surface area contributed by atoms with Crippen LogP contribution in [0.2, 0.25) is 0 Å². The predicted molar refractivity (Wildman–Crippen MR) is 223 cm³/mol. The molecule has 0 spiro atoms. The highest BCUT2D eigenvalue weighted by Gasteiger charge is 2.20. The van der Waals surface area contributed by atoms with Gasteiger partial charge in [0.05, 0.1) is 0 Å². The van der Waals surface area contributed by atoms with E-state index in [0.717, 1.165) is 77.6 Å². The molecule has 0 aliphatic heterocycles. The van der Waals surface area contributed by atoms with Crippen molar-refractivity contribution in [2.75, 3.05) is 4.90 Å². The standard InChI is InChI=1S/C49H30N4O2/c1-3-13-32(14-4-1)47-50-48(34-23-27-43-41(29-34)38-18-9-10-20-42(38)54-43)52-49(51-47)40-19-11-21-44-46(40)39-26-25-37(30-45(39)55-44)53(35-16-5-2-6-17-35)36-24-22-31-12-7-8-15-33(31)28-36/h1-30H. The normalized spacial score (nSPS) is 11.6. The second-order valence-electron chi connectivity index (χ2n) is 13.6. The summed E-state index contributed by atoms with van der Waals surface area (Å²) in [6, 6.07) is 62.2. The number of para-hydroxylation sites is 2. The molecule has 6 heteroatoms. The summed E-state index contributed by atoms with van der Waals surface area (Å²) in [4.78, 5) is 17.5. The van der Waals surface area contributed by atoms with Gasteiger partial charge in [-0.05, 0) is 77.5 Å². The van der Waals surface area contributed by atoms with E-state index in [1.54, 1.807) is 0 Å². The van der Waals surface area contributed by atoms with Crippen molar-refractivity contribution in [3.63, 3.8) is 0 Å². The van der Waals surface area contributed by atoms with Crippen LogP contribution in [0.5, 0.6) is 0 Å². The van der Waals surface area contributed by atoms with Gasteiger partial charge in [0.15, 0.2) is 17.5 Å². The van der Waals surface area contributed by atoms with Crippen molar-refractivity contribution >= 4 is 71.7 Å². The third-order valence-corrected chi connectivity index (χ3v) is 10.3. The molecule has 6 nitrogen and oxygen atoms in total. The number of benzene rings is 8. The average molecular weight is 707 g/mol. The van der Waals surface area contributed by atoms with Gasteiger partial charge < -0.3 is 13.7 Å². The summed E-state index contributed by atoms with van der Waals surface area (Å²) in [7, 11) is 0. The summed E-state index contributed by atoms with van der Waals surface area (Å²) in [5, 5.41) is 6.39. The Balaban J connectivity index is 1.08. The summed E-state index contributed by atoms with van der Waals surface area (Å²) in [6.07, 6.45) is 0. The predicted octanol–water partition coefficient (Wildman–Crippen LogP) is 13.3. The quantitative estimate of drug-likeness (QED) is 0.171. The van der Waals surface area contributed by atoms with Crippen LogP contribution in [0.4, 0.5) is 17.1 Å². The van der Waals surface area contributed by atoms with Gasteiger partial charge in [0.2, 0.25) is 0 Å². The van der Waals surface area contributed by atoms with Gasteiger partial charge in [-0.3, -0.25) is 0 Å². The van der Waals surface area contributed by atoms with Crippen molar-refractivity contribution in [3.8, 4) is 34.2 Å². The minimum Gasteiger partial charge on any atom is -0.456 e. The van der Waals surface area contributed by atoms with Gasteiger partial charge in [-0.1, -0.05) is 109 Å². The summed E-state index contributed by atoms with van der Waals surface area (Å²) in [5.41, 5.74) is 8.97. The Morgan fingerprint density at radius 2 is 1.00 bits per heavy atom. The maximum absolute atomic E-state index is 6.65. The summed E-state index contributed by atoms with van der Waals surface area (Å²) in [6.45, 7) is 0. The molecular weight excluding hydrogens is 677 g/mol. The molecule has 0 atom stereocenters. The summed E-state index contributed by atoms with van der Waals surface area (Å²) < 4.78 is 12.8. The van der Waals surface area contributed by atoms with Crippen LogP contribution in [0, 0.1) is 0 Å². The highest BCUT2D eigenvalue weighted by atomic mass is 16.3. The lowest BCUT2D eigenvalue weighted by Gasteiger charge is -2.25. The molecule has 0 saturated heterocycles. The number of hydrogen-bond acceptors (Lipinski definition) is 6. The Hall–Kier alpha value is -7.57. The number of aromatic nitrogens is 3. The Bertz CT molecular complexity index is 3220. The van der Waals surface area contributed by atoms with Gasteiger partial charge in [-0.25, -0.2) is 15.0 Å². The van der Waals surface area contributed by atoms with E-state index in [9.17, 15) is 0 Å². The first-order valence-electron chi connectivity index (χ1n) is 18.3. The lowest BCUT2D eigenvalue weighted by atomic mass is 10.0. The van der Waals surface area contributed by atoms with E-state index in [2.05, 4.69) is 108 Å². The number of fused-ring (bicyclic) bond motifs is 7. The molecule has 0 N–H and O–H groups in total. The Morgan fingerprint density at radius 1 is 0.345 bits per heavy atom. The third-order valence-electron chi connectivity index (χ3n) is 10.3. The molecule has 3 heterocycles. The zero-order valence-electron chi connectivity index (χ0n) is 29.4. The van der Waals surface area contributed by atoms with Crippen molar-refractivity contribution < 1.29 is 8.83 Å². The van der Waals surface area contributed by atoms with E-state index >= 15 is 0 Å². The SMILES string of the molecule is c1ccc(-c2nc(-c3ccc4oc5ccccc5c4c3)nc(-c3cccc4oc5cc(N(c6ccccc6)c6ccc7ccccc7c6)ccc5c34)n2)cc1. The Morgan fingerprint density at radius 3 is 1.87 bits per heavy atom. The first-order chi connectivity index (χ1) is 27.2. The molecule has 55 heavy (non-hydrogen) atoms. The fourth-order valence-electron chi connectivity index (χ4n) is 7.69. The van der Waals surface area contributed by atoms with Crippen LogP contribution in [0.25, 0.3) is 88.8 Å². The maximum Gasteiger partial charge on any atom is 0.164 e.